The molecule has 0 radical (unpaired) electrons. The Morgan fingerprint density at radius 2 is 2.11 bits per heavy atom. The Kier molecular flexibility index (Phi) is 5.78. The molecule has 0 N–H and O–H groups in total. The number of hydrogen-bond acceptors (Lipinski definition) is 3. The van der Waals surface area contributed by atoms with Gasteiger partial charge in [0.25, 0.3) is 0 Å². The molecule has 1 aromatic rings. The summed E-state index contributed by atoms with van der Waals surface area (Å²) in [7, 11) is -1.34. The van der Waals surface area contributed by atoms with Crippen molar-refractivity contribution in [3.8, 4) is 11.5 Å². The Bertz CT molecular complexity index is 478. The Hall–Kier alpha value is -1.60. The predicted molar refractivity (Wildman–Crippen MR) is 79.4 cm³/mol. The van der Waals surface area contributed by atoms with Gasteiger partial charge in [-0.1, -0.05) is 25.6 Å². The number of rotatable bonds is 4. The molecular weight excluding hydrogens is 254 g/mol. The van der Waals surface area contributed by atoms with E-state index in [0.717, 1.165) is 11.3 Å². The van der Waals surface area contributed by atoms with E-state index in [1.165, 1.54) is 0 Å². The van der Waals surface area contributed by atoms with Crippen LogP contribution in [0.4, 0.5) is 0 Å². The van der Waals surface area contributed by atoms with Crippen LogP contribution in [0, 0.1) is 11.5 Å². The first-order valence-corrected chi connectivity index (χ1v) is 10.0. The summed E-state index contributed by atoms with van der Waals surface area (Å²) in [4.78, 5) is 15.5. The van der Waals surface area contributed by atoms with Crippen LogP contribution in [0.1, 0.15) is 24.6 Å². The van der Waals surface area contributed by atoms with Gasteiger partial charge in [-0.15, -0.1) is 5.54 Å². The lowest BCUT2D eigenvalue weighted by atomic mass is 10.2. The zero-order chi connectivity index (χ0) is 14.3. The molecule has 19 heavy (non-hydrogen) atoms. The molecule has 1 heterocycles. The van der Waals surface area contributed by atoms with Crippen molar-refractivity contribution in [1.82, 2.24) is 4.98 Å². The molecule has 0 aliphatic rings. The molecular formula is C15H21NO2Si. The summed E-state index contributed by atoms with van der Waals surface area (Å²) in [5.41, 5.74) is 5.13. The highest BCUT2D eigenvalue weighted by atomic mass is 28.3. The maximum atomic E-state index is 11.2. The number of carbonyl (C=O) groups excluding carboxylic acids is 1. The van der Waals surface area contributed by atoms with Crippen LogP contribution in [0.15, 0.2) is 18.3 Å². The van der Waals surface area contributed by atoms with E-state index in [1.54, 1.807) is 6.20 Å². The number of carbonyl (C=O) groups is 1. The predicted octanol–water partition coefficient (Wildman–Crippen LogP) is 2.81. The molecule has 0 saturated heterocycles. The van der Waals surface area contributed by atoms with Crippen LogP contribution in [-0.2, 0) is 16.0 Å². The fourth-order valence-electron chi connectivity index (χ4n) is 1.37. The fraction of sp³-hybridized carbons (Fsp3) is 0.467. The average Bonchev–Trinajstić information content (AvgIpc) is 2.34. The Balaban J connectivity index is 2.56. The van der Waals surface area contributed by atoms with Gasteiger partial charge in [0.05, 0.1) is 13.0 Å². The van der Waals surface area contributed by atoms with Crippen molar-refractivity contribution >= 4 is 14.0 Å². The highest BCUT2D eigenvalue weighted by Crippen LogP contribution is 2.04. The van der Waals surface area contributed by atoms with E-state index in [0.29, 0.717) is 19.4 Å². The van der Waals surface area contributed by atoms with Crippen molar-refractivity contribution in [2.75, 3.05) is 6.61 Å². The Morgan fingerprint density at radius 3 is 2.63 bits per heavy atom. The van der Waals surface area contributed by atoms with E-state index < -0.39 is 8.07 Å². The lowest BCUT2D eigenvalue weighted by Crippen LogP contribution is -2.16. The van der Waals surface area contributed by atoms with Gasteiger partial charge in [-0.3, -0.25) is 9.78 Å². The zero-order valence-corrected chi connectivity index (χ0v) is 13.1. The standard InChI is InChI=1S/C15H21NO2Si/c1-5-18-15(17)9-8-14-7-6-13(12-16-14)10-11-19(2,3)4/h6-7,12H,5,8-9H2,1-4H3. The molecule has 0 aliphatic carbocycles. The fourth-order valence-corrected chi connectivity index (χ4v) is 1.89. The second-order valence-corrected chi connectivity index (χ2v) is 10.1. The zero-order valence-electron chi connectivity index (χ0n) is 12.1. The summed E-state index contributed by atoms with van der Waals surface area (Å²) in [6, 6.07) is 3.88. The van der Waals surface area contributed by atoms with Crippen LogP contribution in [0.2, 0.25) is 19.6 Å². The molecule has 0 unspecified atom stereocenters. The van der Waals surface area contributed by atoms with Crippen LogP contribution < -0.4 is 0 Å². The van der Waals surface area contributed by atoms with Crippen molar-refractivity contribution < 1.29 is 9.53 Å². The van der Waals surface area contributed by atoms with Crippen molar-refractivity contribution in [3.05, 3.63) is 29.6 Å². The third-order valence-corrected chi connectivity index (χ3v) is 3.17. The van der Waals surface area contributed by atoms with Crippen LogP contribution in [0.3, 0.4) is 0 Å². The third kappa shape index (κ3) is 6.78. The molecule has 0 bridgehead atoms. The van der Waals surface area contributed by atoms with Gasteiger partial charge in [0.1, 0.15) is 8.07 Å². The summed E-state index contributed by atoms with van der Waals surface area (Å²) in [6.45, 7) is 8.86. The normalized spacial score (nSPS) is 10.5. The summed E-state index contributed by atoms with van der Waals surface area (Å²) in [5, 5.41) is 0. The van der Waals surface area contributed by atoms with Crippen molar-refractivity contribution in [2.24, 2.45) is 0 Å². The van der Waals surface area contributed by atoms with E-state index in [1.807, 2.05) is 19.1 Å². The van der Waals surface area contributed by atoms with E-state index in [-0.39, 0.29) is 5.97 Å². The smallest absolute Gasteiger partial charge is 0.306 e. The molecule has 1 rings (SSSR count). The monoisotopic (exact) mass is 275 g/mol. The maximum Gasteiger partial charge on any atom is 0.306 e. The lowest BCUT2D eigenvalue weighted by Gasteiger charge is -2.04. The van der Waals surface area contributed by atoms with Crippen LogP contribution in [0.25, 0.3) is 0 Å². The number of nitrogens with zero attached hydrogens (tertiary/aromatic N) is 1. The molecule has 0 aromatic carbocycles. The van der Waals surface area contributed by atoms with Gasteiger partial charge < -0.3 is 4.74 Å². The van der Waals surface area contributed by atoms with Gasteiger partial charge in [-0.2, -0.15) is 0 Å². The molecule has 1 aromatic heterocycles. The van der Waals surface area contributed by atoms with Gasteiger partial charge in [-0.05, 0) is 19.1 Å². The first kappa shape index (κ1) is 15.5. The van der Waals surface area contributed by atoms with Crippen molar-refractivity contribution in [1.29, 1.82) is 0 Å². The molecule has 0 atom stereocenters. The lowest BCUT2D eigenvalue weighted by molar-refractivity contribution is -0.143. The molecule has 4 heteroatoms. The quantitative estimate of drug-likeness (QED) is 0.482. The maximum absolute atomic E-state index is 11.2. The highest BCUT2D eigenvalue weighted by molar-refractivity contribution is 6.83. The third-order valence-electron chi connectivity index (χ3n) is 2.30. The Labute approximate surface area is 116 Å². The topological polar surface area (TPSA) is 39.2 Å². The van der Waals surface area contributed by atoms with E-state index in [4.69, 9.17) is 4.74 Å². The van der Waals surface area contributed by atoms with Crippen LogP contribution in [0.5, 0.6) is 0 Å². The van der Waals surface area contributed by atoms with Crippen molar-refractivity contribution in [3.63, 3.8) is 0 Å². The highest BCUT2D eigenvalue weighted by Gasteiger charge is 2.07. The van der Waals surface area contributed by atoms with Gasteiger partial charge in [0, 0.05) is 23.9 Å². The molecule has 0 amide bonds. The summed E-state index contributed by atoms with van der Waals surface area (Å²) in [5.74, 6) is 2.98. The molecule has 0 saturated carbocycles. The minimum atomic E-state index is -1.34. The Morgan fingerprint density at radius 1 is 1.37 bits per heavy atom. The van der Waals surface area contributed by atoms with E-state index in [9.17, 15) is 4.79 Å². The number of aryl methyl sites for hydroxylation is 1. The number of aromatic nitrogens is 1. The SMILES string of the molecule is CCOC(=O)CCc1ccc(C#C[Si](C)(C)C)cn1. The van der Waals surface area contributed by atoms with Crippen LogP contribution in [-0.4, -0.2) is 25.6 Å². The summed E-state index contributed by atoms with van der Waals surface area (Å²) < 4.78 is 4.88. The first-order chi connectivity index (χ1) is 8.90. The second-order valence-electron chi connectivity index (χ2n) is 5.34. The summed E-state index contributed by atoms with van der Waals surface area (Å²) in [6.07, 6.45) is 2.76. The number of ether oxygens (including phenoxy) is 1. The van der Waals surface area contributed by atoms with Crippen molar-refractivity contribution in [2.45, 2.75) is 39.4 Å². The van der Waals surface area contributed by atoms with Gasteiger partial charge >= 0.3 is 5.97 Å². The molecule has 0 fully saturated rings. The molecule has 102 valence electrons. The minimum absolute atomic E-state index is 0.174. The molecule has 0 aliphatic heterocycles. The largest absolute Gasteiger partial charge is 0.466 e. The minimum Gasteiger partial charge on any atom is -0.466 e. The first-order valence-electron chi connectivity index (χ1n) is 6.54. The van der Waals surface area contributed by atoms with Gasteiger partial charge in [-0.25, -0.2) is 0 Å². The average molecular weight is 275 g/mol. The van der Waals surface area contributed by atoms with Gasteiger partial charge in [0.15, 0.2) is 0 Å². The molecule has 0 spiro atoms. The van der Waals surface area contributed by atoms with E-state index in [2.05, 4.69) is 36.1 Å². The number of pyridine rings is 1. The number of hydrogen-bond donors (Lipinski definition) is 0. The molecule has 3 nitrogen and oxygen atoms in total. The summed E-state index contributed by atoms with van der Waals surface area (Å²) >= 11 is 0. The van der Waals surface area contributed by atoms with E-state index >= 15 is 0 Å². The number of esters is 1. The second kappa shape index (κ2) is 7.10. The van der Waals surface area contributed by atoms with Crippen LogP contribution >= 0.6 is 0 Å². The van der Waals surface area contributed by atoms with Gasteiger partial charge in [0.2, 0.25) is 0 Å².